The van der Waals surface area contributed by atoms with Gasteiger partial charge in [0.25, 0.3) is 5.91 Å². The molecule has 2 aromatic rings. The minimum absolute atomic E-state index is 0.260. The maximum atomic E-state index is 12.1. The van der Waals surface area contributed by atoms with Gasteiger partial charge in [0, 0.05) is 49.4 Å². The predicted octanol–water partition coefficient (Wildman–Crippen LogP) is 2.60. The Balaban J connectivity index is 2.26. The first-order chi connectivity index (χ1) is 12.7. The number of carbonyl (C=O) groups excluding carboxylic acids is 1. The highest BCUT2D eigenvalue weighted by atomic mass is 32.2. The third-order valence-electron chi connectivity index (χ3n) is 4.38. The highest BCUT2D eigenvalue weighted by Gasteiger charge is 2.30. The number of rotatable bonds is 5. The molecule has 1 aliphatic rings. The van der Waals surface area contributed by atoms with Gasteiger partial charge < -0.3 is 25.5 Å². The highest BCUT2D eigenvalue weighted by Crippen LogP contribution is 2.51. The number of anilines is 4. The fourth-order valence-electron chi connectivity index (χ4n) is 3.02. The maximum Gasteiger partial charge on any atom is 0.323 e. The van der Waals surface area contributed by atoms with Crippen LogP contribution in [0.3, 0.4) is 0 Å². The molecule has 142 valence electrons. The van der Waals surface area contributed by atoms with Crippen LogP contribution in [0.1, 0.15) is 10.4 Å². The molecule has 0 saturated carbocycles. The summed E-state index contributed by atoms with van der Waals surface area (Å²) in [5, 5.41) is 9.45. The fourth-order valence-corrected chi connectivity index (χ4v) is 4.22. The van der Waals surface area contributed by atoms with E-state index in [0.717, 1.165) is 26.9 Å². The van der Waals surface area contributed by atoms with E-state index in [1.807, 2.05) is 62.3 Å². The van der Waals surface area contributed by atoms with E-state index in [1.54, 1.807) is 11.0 Å². The summed E-state index contributed by atoms with van der Waals surface area (Å²) in [7, 11) is 7.67. The molecule has 1 heterocycles. The second-order valence-corrected chi connectivity index (χ2v) is 7.81. The molecule has 0 aliphatic carbocycles. The lowest BCUT2D eigenvalue weighted by molar-refractivity contribution is -0.135. The minimum atomic E-state index is -0.984. The van der Waals surface area contributed by atoms with Gasteiger partial charge in [0.05, 0.1) is 16.9 Å². The van der Waals surface area contributed by atoms with Crippen LogP contribution >= 0.6 is 11.8 Å². The Morgan fingerprint density at radius 1 is 1.04 bits per heavy atom. The first-order valence-electron chi connectivity index (χ1n) is 8.32. The maximum absolute atomic E-state index is 12.1. The summed E-state index contributed by atoms with van der Waals surface area (Å²) in [6.07, 6.45) is 0. The summed E-state index contributed by atoms with van der Waals surface area (Å²) in [6.45, 7) is -0.260. The van der Waals surface area contributed by atoms with Crippen LogP contribution in [0.15, 0.2) is 40.1 Å². The summed E-state index contributed by atoms with van der Waals surface area (Å²) < 4.78 is 0. The SMILES string of the molecule is CN(C)c1ccc2c(c1)Sc1cc(N(C)C)cc(C(N)=O)c1N2CC(=O)O. The standard InChI is InChI=1S/C19H22N4O3S/c1-21(2)11-5-6-14-15(8-11)27-16-9-12(22(3)4)7-13(19(20)26)18(16)23(14)10-17(24)25/h5-9H,10H2,1-4H3,(H2,20,26)(H,24,25). The topological polar surface area (TPSA) is 90.1 Å². The molecule has 2 aromatic carbocycles. The van der Waals surface area contributed by atoms with Gasteiger partial charge in [-0.1, -0.05) is 11.8 Å². The summed E-state index contributed by atoms with van der Waals surface area (Å²) in [5.41, 5.74) is 9.09. The number of hydrogen-bond acceptors (Lipinski definition) is 6. The number of carbonyl (C=O) groups is 2. The monoisotopic (exact) mass is 386 g/mol. The van der Waals surface area contributed by atoms with E-state index < -0.39 is 11.9 Å². The first-order valence-corrected chi connectivity index (χ1v) is 9.14. The molecule has 0 radical (unpaired) electrons. The average molecular weight is 386 g/mol. The molecular formula is C19H22N4O3S. The third-order valence-corrected chi connectivity index (χ3v) is 5.45. The van der Waals surface area contributed by atoms with Crippen LogP contribution in [0, 0.1) is 0 Å². The van der Waals surface area contributed by atoms with Crippen molar-refractivity contribution in [3.63, 3.8) is 0 Å². The van der Waals surface area contributed by atoms with Gasteiger partial charge in [-0.15, -0.1) is 0 Å². The van der Waals surface area contributed by atoms with Crippen LogP contribution in [0.2, 0.25) is 0 Å². The Morgan fingerprint density at radius 3 is 2.22 bits per heavy atom. The summed E-state index contributed by atoms with van der Waals surface area (Å²) >= 11 is 1.51. The van der Waals surface area contributed by atoms with Crippen molar-refractivity contribution in [1.29, 1.82) is 0 Å². The van der Waals surface area contributed by atoms with Crippen molar-refractivity contribution < 1.29 is 14.7 Å². The first kappa shape index (κ1) is 18.9. The van der Waals surface area contributed by atoms with Gasteiger partial charge in [0.2, 0.25) is 0 Å². The Bertz CT molecular complexity index is 927. The minimum Gasteiger partial charge on any atom is -0.480 e. The van der Waals surface area contributed by atoms with Gasteiger partial charge in [-0.2, -0.15) is 0 Å². The molecule has 1 amide bonds. The van der Waals surface area contributed by atoms with Gasteiger partial charge in [-0.05, 0) is 30.3 Å². The Kier molecular flexibility index (Phi) is 4.93. The van der Waals surface area contributed by atoms with Gasteiger partial charge in [0.1, 0.15) is 6.54 Å². The number of hydrogen-bond donors (Lipinski definition) is 2. The largest absolute Gasteiger partial charge is 0.480 e. The smallest absolute Gasteiger partial charge is 0.323 e. The zero-order valence-electron chi connectivity index (χ0n) is 15.7. The lowest BCUT2D eigenvalue weighted by Gasteiger charge is -2.34. The number of primary amides is 1. The van der Waals surface area contributed by atoms with Gasteiger partial charge >= 0.3 is 5.97 Å². The van der Waals surface area contributed by atoms with Crippen LogP contribution in [-0.4, -0.2) is 51.7 Å². The Morgan fingerprint density at radius 2 is 1.67 bits per heavy atom. The van der Waals surface area contributed by atoms with Crippen molar-refractivity contribution in [1.82, 2.24) is 0 Å². The molecule has 3 rings (SSSR count). The fraction of sp³-hybridized carbons (Fsp3) is 0.263. The van der Waals surface area contributed by atoms with Crippen molar-refractivity contribution in [3.8, 4) is 0 Å². The van der Waals surface area contributed by atoms with Crippen molar-refractivity contribution in [2.75, 3.05) is 49.4 Å². The molecule has 0 bridgehead atoms. The van der Waals surface area contributed by atoms with E-state index >= 15 is 0 Å². The van der Waals surface area contributed by atoms with Crippen LogP contribution in [0.4, 0.5) is 22.7 Å². The molecule has 1 aliphatic heterocycles. The molecule has 0 aromatic heterocycles. The molecule has 0 spiro atoms. The number of benzene rings is 2. The molecule has 8 heteroatoms. The van der Waals surface area contributed by atoms with Gasteiger partial charge in [-0.3, -0.25) is 9.59 Å². The highest BCUT2D eigenvalue weighted by molar-refractivity contribution is 7.99. The van der Waals surface area contributed by atoms with Crippen molar-refractivity contribution in [2.45, 2.75) is 9.79 Å². The number of nitrogens with zero attached hydrogens (tertiary/aromatic N) is 3. The number of amides is 1. The summed E-state index contributed by atoms with van der Waals surface area (Å²) in [6, 6.07) is 9.48. The van der Waals surface area contributed by atoms with Gasteiger partial charge in [0.15, 0.2) is 0 Å². The number of nitrogens with two attached hydrogens (primary N) is 1. The van der Waals surface area contributed by atoms with E-state index in [-0.39, 0.29) is 6.54 Å². The van der Waals surface area contributed by atoms with E-state index in [4.69, 9.17) is 5.73 Å². The molecule has 7 nitrogen and oxygen atoms in total. The van der Waals surface area contributed by atoms with Gasteiger partial charge in [-0.25, -0.2) is 0 Å². The van der Waals surface area contributed by atoms with Crippen molar-refractivity contribution in [3.05, 3.63) is 35.9 Å². The van der Waals surface area contributed by atoms with E-state index in [2.05, 4.69) is 0 Å². The van der Waals surface area contributed by atoms with Crippen molar-refractivity contribution >= 4 is 46.4 Å². The second-order valence-electron chi connectivity index (χ2n) is 6.73. The van der Waals surface area contributed by atoms with E-state index in [0.29, 0.717) is 11.3 Å². The molecule has 0 saturated heterocycles. The average Bonchev–Trinajstić information content (AvgIpc) is 2.59. The molecule has 0 atom stereocenters. The molecule has 27 heavy (non-hydrogen) atoms. The van der Waals surface area contributed by atoms with E-state index in [9.17, 15) is 14.7 Å². The quantitative estimate of drug-likeness (QED) is 0.816. The lowest BCUT2D eigenvalue weighted by Crippen LogP contribution is -2.30. The van der Waals surface area contributed by atoms with Crippen LogP contribution < -0.4 is 20.4 Å². The summed E-state index contributed by atoms with van der Waals surface area (Å²) in [5.74, 6) is -1.57. The van der Waals surface area contributed by atoms with Crippen molar-refractivity contribution in [2.24, 2.45) is 5.73 Å². The zero-order chi connectivity index (χ0) is 19.9. The van der Waals surface area contributed by atoms with Crippen LogP contribution in [0.5, 0.6) is 0 Å². The molecule has 0 fully saturated rings. The number of fused-ring (bicyclic) bond motifs is 2. The van der Waals surface area contributed by atoms with E-state index in [1.165, 1.54) is 11.8 Å². The normalized spacial score (nSPS) is 12.2. The zero-order valence-corrected chi connectivity index (χ0v) is 16.5. The Labute approximate surface area is 162 Å². The lowest BCUT2D eigenvalue weighted by atomic mass is 10.1. The third kappa shape index (κ3) is 3.52. The predicted molar refractivity (Wildman–Crippen MR) is 109 cm³/mol. The van der Waals surface area contributed by atoms with Crippen LogP contribution in [-0.2, 0) is 4.79 Å². The number of carboxylic acid groups (broad SMARTS) is 1. The number of aliphatic carboxylic acids is 1. The molecule has 0 unspecified atom stereocenters. The number of carboxylic acids is 1. The molecule has 3 N–H and O–H groups in total. The Hall–Kier alpha value is -2.87. The second kappa shape index (κ2) is 7.03. The van der Waals surface area contributed by atoms with Crippen LogP contribution in [0.25, 0.3) is 0 Å². The molecular weight excluding hydrogens is 364 g/mol. The summed E-state index contributed by atoms with van der Waals surface area (Å²) in [4.78, 5) is 31.0.